The lowest BCUT2D eigenvalue weighted by atomic mass is 9.76. The van der Waals surface area contributed by atoms with Crippen molar-refractivity contribution in [2.45, 2.75) is 31.9 Å². The van der Waals surface area contributed by atoms with E-state index in [4.69, 9.17) is 21.1 Å². The van der Waals surface area contributed by atoms with Gasteiger partial charge in [-0.15, -0.1) is 0 Å². The third kappa shape index (κ3) is 3.80. The van der Waals surface area contributed by atoms with Crippen LogP contribution in [0.1, 0.15) is 40.6 Å². The van der Waals surface area contributed by atoms with Crippen molar-refractivity contribution in [1.29, 1.82) is 0 Å². The molecule has 1 heterocycles. The smallest absolute Gasteiger partial charge is 0.175 e. The van der Waals surface area contributed by atoms with E-state index in [2.05, 4.69) is 70.7 Å². The van der Waals surface area contributed by atoms with Gasteiger partial charge in [0.2, 0.25) is 0 Å². The first-order chi connectivity index (χ1) is 15.6. The molecule has 2 aliphatic rings. The van der Waals surface area contributed by atoms with E-state index in [1.807, 2.05) is 24.3 Å². The molecule has 0 fully saturated rings. The number of fused-ring (bicyclic) bond motifs is 3. The number of allylic oxidation sites excluding steroid dienone is 2. The van der Waals surface area contributed by atoms with Crippen molar-refractivity contribution < 1.29 is 9.47 Å². The van der Waals surface area contributed by atoms with Crippen LogP contribution in [0.4, 0.5) is 5.69 Å². The molecule has 0 spiro atoms. The van der Waals surface area contributed by atoms with Gasteiger partial charge >= 0.3 is 0 Å². The van der Waals surface area contributed by atoms with E-state index < -0.39 is 0 Å². The lowest BCUT2D eigenvalue weighted by molar-refractivity contribution is 0.282. The van der Waals surface area contributed by atoms with Gasteiger partial charge < -0.3 is 14.8 Å². The number of benzene rings is 3. The maximum Gasteiger partial charge on any atom is 0.175 e. The second-order valence-electron chi connectivity index (χ2n) is 8.44. The van der Waals surface area contributed by atoms with E-state index in [0.29, 0.717) is 18.4 Å². The first kappa shape index (κ1) is 21.4. The van der Waals surface area contributed by atoms with Gasteiger partial charge in [-0.2, -0.15) is 0 Å². The first-order valence-electron chi connectivity index (χ1n) is 10.8. The van der Waals surface area contributed by atoms with Crippen LogP contribution in [0.15, 0.2) is 71.2 Å². The molecule has 3 atom stereocenters. The predicted octanol–water partition coefficient (Wildman–Crippen LogP) is 7.83. The number of nitrogens with one attached hydrogen (secondary N) is 1. The normalized spacial score (nSPS) is 20.9. The van der Waals surface area contributed by atoms with Gasteiger partial charge in [0.15, 0.2) is 11.5 Å². The van der Waals surface area contributed by atoms with E-state index in [0.717, 1.165) is 38.7 Å². The summed E-state index contributed by atoms with van der Waals surface area (Å²) in [6, 6.07) is 18.6. The molecule has 1 aliphatic heterocycles. The molecule has 1 aliphatic carbocycles. The molecule has 0 amide bonds. The van der Waals surface area contributed by atoms with E-state index in [-0.39, 0.29) is 6.04 Å². The summed E-state index contributed by atoms with van der Waals surface area (Å²) in [4.78, 5) is 0. The zero-order valence-electron chi connectivity index (χ0n) is 18.1. The van der Waals surface area contributed by atoms with Crippen molar-refractivity contribution in [2.75, 3.05) is 12.4 Å². The average molecular weight is 511 g/mol. The summed E-state index contributed by atoms with van der Waals surface area (Å²) in [5, 5.41) is 4.64. The van der Waals surface area contributed by atoms with Crippen molar-refractivity contribution in [3.63, 3.8) is 0 Å². The van der Waals surface area contributed by atoms with Gasteiger partial charge in [-0.05, 0) is 70.1 Å². The van der Waals surface area contributed by atoms with Crippen LogP contribution in [0.5, 0.6) is 11.5 Å². The average Bonchev–Trinajstić information content (AvgIpc) is 3.30. The SMILES string of the molecule is COc1cc([C@@H]2Nc3c(C)ccc(Cl)c3[C@@H]3C=CC[C@@H]32)cc(Br)c1OCc1ccccc1. The molecule has 3 aromatic carbocycles. The lowest BCUT2D eigenvalue weighted by Crippen LogP contribution is -2.30. The second kappa shape index (κ2) is 8.84. The molecule has 0 saturated carbocycles. The Morgan fingerprint density at radius 3 is 2.72 bits per heavy atom. The Labute approximate surface area is 202 Å². The number of rotatable bonds is 5. The number of hydrogen-bond donors (Lipinski definition) is 1. The van der Waals surface area contributed by atoms with Crippen molar-refractivity contribution in [2.24, 2.45) is 5.92 Å². The molecule has 0 saturated heterocycles. The van der Waals surface area contributed by atoms with Gasteiger partial charge in [-0.25, -0.2) is 0 Å². The van der Waals surface area contributed by atoms with Crippen molar-refractivity contribution in [1.82, 2.24) is 0 Å². The Bertz CT molecular complexity index is 1180. The second-order valence-corrected chi connectivity index (χ2v) is 9.70. The summed E-state index contributed by atoms with van der Waals surface area (Å²) < 4.78 is 12.8. The predicted molar refractivity (Wildman–Crippen MR) is 134 cm³/mol. The highest BCUT2D eigenvalue weighted by Gasteiger charge is 2.40. The quantitative estimate of drug-likeness (QED) is 0.355. The first-order valence-corrected chi connectivity index (χ1v) is 12.0. The van der Waals surface area contributed by atoms with Gasteiger partial charge in [-0.3, -0.25) is 0 Å². The molecular weight excluding hydrogens is 486 g/mol. The van der Waals surface area contributed by atoms with Crippen LogP contribution >= 0.6 is 27.5 Å². The van der Waals surface area contributed by atoms with Crippen LogP contribution in [-0.4, -0.2) is 7.11 Å². The third-order valence-electron chi connectivity index (χ3n) is 6.51. The van der Waals surface area contributed by atoms with E-state index >= 15 is 0 Å². The van der Waals surface area contributed by atoms with Crippen molar-refractivity contribution in [3.05, 3.63) is 98.5 Å². The molecule has 3 nitrogen and oxygen atoms in total. The lowest BCUT2D eigenvalue weighted by Gasteiger charge is -2.39. The van der Waals surface area contributed by atoms with E-state index in [9.17, 15) is 0 Å². The minimum atomic E-state index is 0.146. The van der Waals surface area contributed by atoms with Crippen LogP contribution in [0.3, 0.4) is 0 Å². The molecule has 1 N–H and O–H groups in total. The number of methoxy groups -OCH3 is 1. The molecule has 5 heteroatoms. The maximum atomic E-state index is 6.64. The fourth-order valence-electron chi connectivity index (χ4n) is 4.93. The third-order valence-corrected chi connectivity index (χ3v) is 7.43. The Balaban J connectivity index is 1.49. The highest BCUT2D eigenvalue weighted by Crippen LogP contribution is 2.53. The summed E-state index contributed by atoms with van der Waals surface area (Å²) in [6.45, 7) is 2.62. The summed E-state index contributed by atoms with van der Waals surface area (Å²) in [6.07, 6.45) is 5.60. The maximum absolute atomic E-state index is 6.64. The largest absolute Gasteiger partial charge is 0.493 e. The minimum absolute atomic E-state index is 0.146. The van der Waals surface area contributed by atoms with Crippen LogP contribution < -0.4 is 14.8 Å². The summed E-state index contributed by atoms with van der Waals surface area (Å²) >= 11 is 10.4. The molecule has 32 heavy (non-hydrogen) atoms. The zero-order valence-corrected chi connectivity index (χ0v) is 20.4. The number of anilines is 1. The number of hydrogen-bond acceptors (Lipinski definition) is 3. The van der Waals surface area contributed by atoms with E-state index in [1.54, 1.807) is 7.11 Å². The topological polar surface area (TPSA) is 30.5 Å². The van der Waals surface area contributed by atoms with Gasteiger partial charge in [0.05, 0.1) is 17.6 Å². The molecule has 164 valence electrons. The molecule has 0 unspecified atom stereocenters. The van der Waals surface area contributed by atoms with Gasteiger partial charge in [0.1, 0.15) is 6.61 Å². The molecule has 0 bridgehead atoms. The van der Waals surface area contributed by atoms with Gasteiger partial charge in [0, 0.05) is 22.2 Å². The van der Waals surface area contributed by atoms with Crippen LogP contribution in [0.25, 0.3) is 0 Å². The number of ether oxygens (including phenoxy) is 2. The molecular formula is C27H25BrClNO2. The number of aryl methyl sites for hydroxylation is 1. The zero-order chi connectivity index (χ0) is 22.2. The highest BCUT2D eigenvalue weighted by molar-refractivity contribution is 9.10. The Morgan fingerprint density at radius 1 is 1.12 bits per heavy atom. The van der Waals surface area contributed by atoms with Crippen LogP contribution in [-0.2, 0) is 6.61 Å². The monoisotopic (exact) mass is 509 g/mol. The minimum Gasteiger partial charge on any atom is -0.493 e. The molecule has 5 rings (SSSR count). The Hall–Kier alpha value is -2.43. The Morgan fingerprint density at radius 2 is 1.94 bits per heavy atom. The van der Waals surface area contributed by atoms with Gasteiger partial charge in [-0.1, -0.05) is 60.2 Å². The fourth-order valence-corrected chi connectivity index (χ4v) is 5.79. The standard InChI is InChI=1S/C27H25BrClNO2/c1-16-11-12-22(29)24-19-9-6-10-20(19)26(30-25(16)24)18-13-21(28)27(23(14-18)31-2)32-15-17-7-4-3-5-8-17/h3-9,11-14,19-20,26,30H,10,15H2,1-2H3/t19-,20+,26+/m1/s1. The summed E-state index contributed by atoms with van der Waals surface area (Å²) in [7, 11) is 1.69. The highest BCUT2D eigenvalue weighted by atomic mass is 79.9. The van der Waals surface area contributed by atoms with Crippen LogP contribution in [0, 0.1) is 12.8 Å². The van der Waals surface area contributed by atoms with Crippen molar-refractivity contribution >= 4 is 33.2 Å². The number of halogens is 2. The molecule has 0 aromatic heterocycles. The summed E-state index contributed by atoms with van der Waals surface area (Å²) in [5.74, 6) is 2.15. The summed E-state index contributed by atoms with van der Waals surface area (Å²) in [5.41, 5.74) is 5.86. The van der Waals surface area contributed by atoms with Crippen molar-refractivity contribution in [3.8, 4) is 11.5 Å². The van der Waals surface area contributed by atoms with Crippen LogP contribution in [0.2, 0.25) is 5.02 Å². The Kier molecular flexibility index (Phi) is 5.92. The molecule has 0 radical (unpaired) electrons. The van der Waals surface area contributed by atoms with E-state index in [1.165, 1.54) is 16.7 Å². The van der Waals surface area contributed by atoms with Gasteiger partial charge in [0.25, 0.3) is 0 Å². The fraction of sp³-hybridized carbons (Fsp3) is 0.259. The molecule has 3 aromatic rings.